The maximum atomic E-state index is 15.0. The van der Waals surface area contributed by atoms with Gasteiger partial charge >= 0.3 is 18.0 Å². The quantitative estimate of drug-likeness (QED) is 0.114. The molecule has 434 valence electrons. The van der Waals surface area contributed by atoms with Gasteiger partial charge in [0.15, 0.2) is 6.10 Å². The lowest BCUT2D eigenvalue weighted by atomic mass is 9.92. The highest BCUT2D eigenvalue weighted by atomic mass is 16.6. The fourth-order valence-electron chi connectivity index (χ4n) is 9.48. The van der Waals surface area contributed by atoms with Crippen molar-refractivity contribution in [3.63, 3.8) is 0 Å². The van der Waals surface area contributed by atoms with Crippen LogP contribution in [-0.2, 0) is 59.0 Å². The predicted molar refractivity (Wildman–Crippen MR) is 288 cm³/mol. The number of fused-ring (bicyclic) bond motifs is 1. The topological polar surface area (TPSA) is 269 Å². The number of nitrogens with zero attached hydrogens (tertiary/aromatic N) is 3. The van der Waals surface area contributed by atoms with E-state index >= 15 is 0 Å². The molecular formula is C56H91N7O14. The van der Waals surface area contributed by atoms with E-state index < -0.39 is 144 Å². The fourth-order valence-corrected chi connectivity index (χ4v) is 9.48. The Hall–Kier alpha value is -5.99. The number of nitrogens with one attached hydrogen (secondary N) is 4. The van der Waals surface area contributed by atoms with E-state index in [9.17, 15) is 48.3 Å². The molecule has 77 heavy (non-hydrogen) atoms. The molecule has 1 aromatic rings. The first kappa shape index (κ1) is 65.3. The number of likely N-dealkylation sites (N-methyl/N-ethyl adjacent to an activating group) is 2. The predicted octanol–water partition coefficient (Wildman–Crippen LogP) is 4.29. The summed E-state index contributed by atoms with van der Waals surface area (Å²) in [6.45, 7) is 24.3. The monoisotopic (exact) mass is 1090 g/mol. The smallest absolute Gasteiger partial charge is 0.408 e. The van der Waals surface area contributed by atoms with Gasteiger partial charge in [0.05, 0.1) is 25.7 Å². The number of rotatable bonds is 16. The van der Waals surface area contributed by atoms with Crippen molar-refractivity contribution < 1.29 is 67.2 Å². The number of methoxy groups -OCH3 is 1. The number of benzene rings is 1. The highest BCUT2D eigenvalue weighted by Gasteiger charge is 2.45. The zero-order valence-corrected chi connectivity index (χ0v) is 48.7. The second-order valence-corrected chi connectivity index (χ2v) is 23.3. The van der Waals surface area contributed by atoms with Gasteiger partial charge < -0.3 is 60.0 Å². The minimum absolute atomic E-state index is 0.0787. The van der Waals surface area contributed by atoms with Gasteiger partial charge in [0.25, 0.3) is 5.91 Å². The van der Waals surface area contributed by atoms with Crippen LogP contribution in [0.5, 0.6) is 5.75 Å². The lowest BCUT2D eigenvalue weighted by molar-refractivity contribution is -0.162. The number of hydrogen-bond acceptors (Lipinski definition) is 14. The summed E-state index contributed by atoms with van der Waals surface area (Å²) in [7, 11) is 4.33. The molecule has 2 heterocycles. The van der Waals surface area contributed by atoms with E-state index in [1.807, 2.05) is 27.7 Å². The number of hydrogen-bond donors (Lipinski definition) is 5. The number of carbonyl (C=O) groups is 9. The van der Waals surface area contributed by atoms with E-state index in [1.54, 1.807) is 86.6 Å². The number of cyclic esters (lactones) is 2. The summed E-state index contributed by atoms with van der Waals surface area (Å²) in [4.78, 5) is 133. The Balaban J connectivity index is 2.27. The molecular weight excluding hydrogens is 995 g/mol. The maximum absolute atomic E-state index is 15.0. The van der Waals surface area contributed by atoms with Gasteiger partial charge in [-0.1, -0.05) is 87.8 Å². The maximum Gasteiger partial charge on any atom is 0.408 e. The SMILES string of the molecule is CC[C@H](C)[C@H]1NC(=O)[C@@H](NC(=O)[C@@H](CC(C)C)N(C)C(=O)C(NC(=O)OC(C)(C)C)C(C)C)[C@@H](C)OC(=O)[C@H](Cc2ccc(OC)cc2)N(C)C(=O)[C@@H]2CCCN2C(=O)[C@H](CC(C)C)NC(=O)[C@H](C(C)C)OC(=O)C[C@@H]1O. The van der Waals surface area contributed by atoms with Crippen LogP contribution in [0.2, 0.25) is 0 Å². The molecule has 0 saturated carbocycles. The molecule has 0 radical (unpaired) electrons. The molecule has 7 amide bonds. The Bertz CT molecular complexity index is 2200. The van der Waals surface area contributed by atoms with Gasteiger partial charge in [0, 0.05) is 27.1 Å². The molecule has 2 fully saturated rings. The third-order valence-electron chi connectivity index (χ3n) is 14.1. The van der Waals surface area contributed by atoms with Crippen LogP contribution < -0.4 is 26.0 Å². The summed E-state index contributed by atoms with van der Waals surface area (Å²) in [5.41, 5.74) is -0.278. The van der Waals surface area contributed by atoms with Crippen molar-refractivity contribution in [2.45, 2.75) is 208 Å². The Morgan fingerprint density at radius 3 is 2.05 bits per heavy atom. The summed E-state index contributed by atoms with van der Waals surface area (Å²) in [5, 5.41) is 22.8. The van der Waals surface area contributed by atoms with Crippen LogP contribution >= 0.6 is 0 Å². The van der Waals surface area contributed by atoms with Gasteiger partial charge in [-0.05, 0) is 101 Å². The minimum Gasteiger partial charge on any atom is -0.497 e. The Kier molecular flexibility index (Phi) is 24.7. The van der Waals surface area contributed by atoms with E-state index in [4.69, 9.17) is 18.9 Å². The number of alkyl carbamates (subject to hydrolysis) is 1. The van der Waals surface area contributed by atoms with E-state index in [0.29, 0.717) is 24.2 Å². The van der Waals surface area contributed by atoms with Crippen molar-refractivity contribution in [1.29, 1.82) is 0 Å². The molecule has 0 spiro atoms. The van der Waals surface area contributed by atoms with Gasteiger partial charge in [-0.15, -0.1) is 0 Å². The number of aliphatic hydroxyl groups is 1. The molecule has 21 nitrogen and oxygen atoms in total. The van der Waals surface area contributed by atoms with Crippen LogP contribution in [-0.4, -0.2) is 167 Å². The summed E-state index contributed by atoms with van der Waals surface area (Å²) in [6.07, 6.45) is -4.84. The normalized spacial score (nSPS) is 25.0. The lowest BCUT2D eigenvalue weighted by Crippen LogP contribution is -2.62. The largest absolute Gasteiger partial charge is 0.497 e. The minimum atomic E-state index is -1.73. The van der Waals surface area contributed by atoms with Gasteiger partial charge in [-0.25, -0.2) is 9.59 Å². The third-order valence-corrected chi connectivity index (χ3v) is 14.1. The lowest BCUT2D eigenvalue weighted by Gasteiger charge is -2.36. The third kappa shape index (κ3) is 18.9. The number of esters is 2. The van der Waals surface area contributed by atoms with E-state index in [-0.39, 0.29) is 44.1 Å². The zero-order chi connectivity index (χ0) is 58.4. The van der Waals surface area contributed by atoms with E-state index in [1.165, 1.54) is 42.8 Å². The van der Waals surface area contributed by atoms with Gasteiger partial charge in [0.2, 0.25) is 29.5 Å². The van der Waals surface area contributed by atoms with Crippen molar-refractivity contribution in [2.75, 3.05) is 27.7 Å². The standard InChI is InChI=1S/C56H91N7O14/c1-18-34(10)45-42(64)29-43(65)76-47(33(8)9)50(68)57-38(26-30(2)3)51(69)63-25-19-20-39(63)52(70)62(16)41(28-36-21-23-37(74-17)24-22-36)54(72)75-35(11)46(49(67)58-45)59-48(66)40(27-31(4)5)61(15)53(71)44(32(6)7)60-55(73)77-56(12,13)14/h21-24,30-35,38-42,44-47,64H,18-20,25-29H2,1-17H3,(H,57,68)(H,58,67)(H,59,66)(H,60,73)/t34-,35+,38-,39-,40+,41-,42-,44?,45+,46-,47-/m0/s1. The molecule has 0 bridgehead atoms. The molecule has 5 N–H and O–H groups in total. The molecule has 11 atom stereocenters. The molecule has 0 aliphatic carbocycles. The molecule has 2 aliphatic rings. The summed E-state index contributed by atoms with van der Waals surface area (Å²) in [5.74, 6) is -7.54. The van der Waals surface area contributed by atoms with Gasteiger partial charge in [-0.3, -0.25) is 33.6 Å². The number of aliphatic hydroxyl groups excluding tert-OH is 1. The van der Waals surface area contributed by atoms with Crippen molar-refractivity contribution in [1.82, 2.24) is 36.0 Å². The van der Waals surface area contributed by atoms with Crippen LogP contribution in [0.15, 0.2) is 24.3 Å². The zero-order valence-electron chi connectivity index (χ0n) is 48.7. The Morgan fingerprint density at radius 2 is 1.52 bits per heavy atom. The van der Waals surface area contributed by atoms with E-state index in [0.717, 1.165) is 0 Å². The summed E-state index contributed by atoms with van der Waals surface area (Å²) < 4.78 is 22.7. The number of ether oxygens (including phenoxy) is 4. The first-order valence-electron chi connectivity index (χ1n) is 27.3. The second kappa shape index (κ2) is 29.1. The molecule has 2 saturated heterocycles. The fraction of sp³-hybridized carbons (Fsp3) is 0.732. The average molecular weight is 1090 g/mol. The van der Waals surface area contributed by atoms with Gasteiger partial charge in [-0.2, -0.15) is 0 Å². The van der Waals surface area contributed by atoms with Gasteiger partial charge in [0.1, 0.15) is 53.7 Å². The number of amides is 7. The molecule has 1 unspecified atom stereocenters. The van der Waals surface area contributed by atoms with Crippen molar-refractivity contribution in [3.05, 3.63) is 29.8 Å². The number of carbonyl (C=O) groups excluding carboxylic acids is 9. The van der Waals surface area contributed by atoms with Crippen LogP contribution in [0.25, 0.3) is 0 Å². The molecule has 1 aromatic carbocycles. The van der Waals surface area contributed by atoms with Crippen LogP contribution in [0.4, 0.5) is 4.79 Å². The van der Waals surface area contributed by atoms with Crippen LogP contribution in [0.3, 0.4) is 0 Å². The molecule has 0 aromatic heterocycles. The first-order valence-corrected chi connectivity index (χ1v) is 27.3. The summed E-state index contributed by atoms with van der Waals surface area (Å²) in [6, 6.07) is -2.06. The van der Waals surface area contributed by atoms with Crippen molar-refractivity contribution in [3.8, 4) is 5.75 Å². The van der Waals surface area contributed by atoms with Crippen LogP contribution in [0.1, 0.15) is 141 Å². The average Bonchev–Trinajstić information content (AvgIpc) is 3.84. The van der Waals surface area contributed by atoms with Crippen LogP contribution in [0, 0.1) is 29.6 Å². The Labute approximate surface area is 456 Å². The second-order valence-electron chi connectivity index (χ2n) is 23.3. The highest BCUT2D eigenvalue weighted by molar-refractivity contribution is 5.96. The van der Waals surface area contributed by atoms with Crippen molar-refractivity contribution in [2.24, 2.45) is 29.6 Å². The Morgan fingerprint density at radius 1 is 0.896 bits per heavy atom. The van der Waals surface area contributed by atoms with E-state index in [2.05, 4.69) is 21.3 Å². The molecule has 3 rings (SSSR count). The molecule has 21 heteroatoms. The van der Waals surface area contributed by atoms with Crippen molar-refractivity contribution >= 4 is 53.5 Å². The highest BCUT2D eigenvalue weighted by Crippen LogP contribution is 2.26. The summed E-state index contributed by atoms with van der Waals surface area (Å²) >= 11 is 0. The first-order chi connectivity index (χ1) is 35.8. The molecule has 2 aliphatic heterocycles.